The molecule has 1 atom stereocenters. The van der Waals surface area contributed by atoms with E-state index in [1.165, 1.54) is 4.88 Å². The zero-order valence-electron chi connectivity index (χ0n) is 14.1. The Morgan fingerprint density at radius 2 is 2.00 bits per heavy atom. The number of piperidine rings is 1. The highest BCUT2D eigenvalue weighted by molar-refractivity contribution is 7.15. The molecule has 1 unspecified atom stereocenters. The lowest BCUT2D eigenvalue weighted by molar-refractivity contribution is -0.384. The van der Waals surface area contributed by atoms with Gasteiger partial charge in [0.05, 0.1) is 4.92 Å². The Morgan fingerprint density at radius 1 is 1.29 bits per heavy atom. The quantitative estimate of drug-likeness (QED) is 0.674. The lowest BCUT2D eigenvalue weighted by Gasteiger charge is -2.42. The molecule has 24 heavy (non-hydrogen) atoms. The number of rotatable bonds is 4. The van der Waals surface area contributed by atoms with Crippen LogP contribution in [0.3, 0.4) is 0 Å². The maximum atomic E-state index is 10.7. The summed E-state index contributed by atoms with van der Waals surface area (Å²) in [5.41, 5.74) is 7.51. The van der Waals surface area contributed by atoms with Gasteiger partial charge in [-0.25, -0.2) is 0 Å². The number of benzene rings is 1. The molecule has 0 radical (unpaired) electrons. The fourth-order valence-corrected chi connectivity index (χ4v) is 4.26. The molecule has 1 aromatic carbocycles. The van der Waals surface area contributed by atoms with Crippen molar-refractivity contribution in [2.75, 3.05) is 13.1 Å². The summed E-state index contributed by atoms with van der Waals surface area (Å²) in [6.45, 7) is 7.46. The van der Waals surface area contributed by atoms with E-state index in [9.17, 15) is 10.1 Å². The van der Waals surface area contributed by atoms with Gasteiger partial charge in [-0.3, -0.25) is 15.0 Å². The van der Waals surface area contributed by atoms with Gasteiger partial charge in [-0.1, -0.05) is 13.8 Å². The number of likely N-dealkylation sites (tertiary alicyclic amines) is 1. The van der Waals surface area contributed by atoms with Crippen LogP contribution in [0.1, 0.15) is 25.1 Å². The molecule has 0 aliphatic carbocycles. The third kappa shape index (κ3) is 3.66. The summed E-state index contributed by atoms with van der Waals surface area (Å²) in [6, 6.07) is 11.3. The Kier molecular flexibility index (Phi) is 4.71. The summed E-state index contributed by atoms with van der Waals surface area (Å²) in [6.07, 6.45) is 1.04. The summed E-state index contributed by atoms with van der Waals surface area (Å²) in [5.74, 6) is 0. The van der Waals surface area contributed by atoms with Crippen LogP contribution in [0.4, 0.5) is 5.69 Å². The number of nitro benzene ring substituents is 1. The Hall–Kier alpha value is -1.76. The molecule has 2 heterocycles. The van der Waals surface area contributed by atoms with Gasteiger partial charge in [0.1, 0.15) is 0 Å². The second-order valence-corrected chi connectivity index (χ2v) is 8.33. The largest absolute Gasteiger partial charge is 0.327 e. The van der Waals surface area contributed by atoms with Crippen LogP contribution in [-0.4, -0.2) is 29.0 Å². The normalized spacial score (nSPS) is 20.9. The molecule has 2 N–H and O–H groups in total. The summed E-state index contributed by atoms with van der Waals surface area (Å²) in [4.78, 5) is 15.3. The molecule has 1 aliphatic rings. The standard InChI is InChI=1S/C18H23N3O2S/c1-18(2)12-20(10-9-17(18)19)11-15-7-8-16(24-15)13-3-5-14(6-4-13)21(22)23/h3-8,17H,9-12,19H2,1-2H3. The second kappa shape index (κ2) is 6.63. The van der Waals surface area contributed by atoms with Gasteiger partial charge in [0.15, 0.2) is 0 Å². The van der Waals surface area contributed by atoms with Crippen LogP contribution in [0.5, 0.6) is 0 Å². The number of hydrogen-bond acceptors (Lipinski definition) is 5. The molecule has 1 saturated heterocycles. The van der Waals surface area contributed by atoms with Crippen molar-refractivity contribution in [3.05, 3.63) is 51.4 Å². The van der Waals surface area contributed by atoms with Crippen LogP contribution in [0.25, 0.3) is 10.4 Å². The van der Waals surface area contributed by atoms with Crippen molar-refractivity contribution in [3.63, 3.8) is 0 Å². The second-order valence-electron chi connectivity index (χ2n) is 7.16. The molecule has 0 bridgehead atoms. The maximum Gasteiger partial charge on any atom is 0.269 e. The number of non-ortho nitro benzene ring substituents is 1. The van der Waals surface area contributed by atoms with Crippen molar-refractivity contribution in [1.82, 2.24) is 4.90 Å². The van der Waals surface area contributed by atoms with Gasteiger partial charge in [-0.2, -0.15) is 0 Å². The molecule has 3 rings (SSSR count). The van der Waals surface area contributed by atoms with E-state index in [4.69, 9.17) is 5.73 Å². The van der Waals surface area contributed by atoms with E-state index in [2.05, 4.69) is 30.9 Å². The van der Waals surface area contributed by atoms with Crippen LogP contribution < -0.4 is 5.73 Å². The van der Waals surface area contributed by atoms with Crippen molar-refractivity contribution in [2.24, 2.45) is 11.1 Å². The summed E-state index contributed by atoms with van der Waals surface area (Å²) < 4.78 is 0. The Balaban J connectivity index is 1.68. The van der Waals surface area contributed by atoms with E-state index >= 15 is 0 Å². The average Bonchev–Trinajstić information content (AvgIpc) is 2.99. The van der Waals surface area contributed by atoms with Gasteiger partial charge in [-0.15, -0.1) is 11.3 Å². The van der Waals surface area contributed by atoms with Crippen molar-refractivity contribution >= 4 is 17.0 Å². The first-order chi connectivity index (χ1) is 11.3. The summed E-state index contributed by atoms with van der Waals surface area (Å²) in [5, 5.41) is 10.7. The van der Waals surface area contributed by atoms with Crippen LogP contribution in [0.15, 0.2) is 36.4 Å². The minimum absolute atomic E-state index is 0.127. The first-order valence-corrected chi connectivity index (χ1v) is 8.98. The SMILES string of the molecule is CC1(C)CN(Cc2ccc(-c3ccc([N+](=O)[O-])cc3)s2)CCC1N. The number of nitrogens with two attached hydrogens (primary N) is 1. The van der Waals surface area contributed by atoms with Gasteiger partial charge in [0, 0.05) is 47.6 Å². The smallest absolute Gasteiger partial charge is 0.269 e. The van der Waals surface area contributed by atoms with Crippen LogP contribution >= 0.6 is 11.3 Å². The Bertz CT molecular complexity index is 724. The first kappa shape index (κ1) is 17.1. The van der Waals surface area contributed by atoms with Crippen LogP contribution in [-0.2, 0) is 6.54 Å². The number of nitrogens with zero attached hydrogens (tertiary/aromatic N) is 2. The highest BCUT2D eigenvalue weighted by Crippen LogP contribution is 2.32. The van der Waals surface area contributed by atoms with E-state index in [1.807, 2.05) is 12.1 Å². The highest BCUT2D eigenvalue weighted by Gasteiger charge is 2.33. The van der Waals surface area contributed by atoms with Gasteiger partial charge in [0.2, 0.25) is 0 Å². The molecular formula is C18H23N3O2S. The van der Waals surface area contributed by atoms with E-state index in [1.54, 1.807) is 23.5 Å². The van der Waals surface area contributed by atoms with Crippen molar-refractivity contribution < 1.29 is 4.92 Å². The van der Waals surface area contributed by atoms with Gasteiger partial charge in [-0.05, 0) is 41.7 Å². The zero-order valence-corrected chi connectivity index (χ0v) is 14.9. The van der Waals surface area contributed by atoms with Gasteiger partial charge in [0.25, 0.3) is 5.69 Å². The number of thiophene rings is 1. The molecule has 0 amide bonds. The zero-order chi connectivity index (χ0) is 17.3. The lowest BCUT2D eigenvalue weighted by Crippen LogP contribution is -2.51. The topological polar surface area (TPSA) is 72.4 Å². The molecule has 1 aliphatic heterocycles. The molecule has 2 aromatic rings. The van der Waals surface area contributed by atoms with E-state index in [0.717, 1.165) is 36.5 Å². The minimum Gasteiger partial charge on any atom is -0.327 e. The molecule has 6 heteroatoms. The van der Waals surface area contributed by atoms with E-state index in [-0.39, 0.29) is 22.1 Å². The Labute approximate surface area is 146 Å². The number of nitro groups is 1. The molecule has 0 saturated carbocycles. The molecule has 1 fully saturated rings. The monoisotopic (exact) mass is 345 g/mol. The van der Waals surface area contributed by atoms with Crippen LogP contribution in [0.2, 0.25) is 0 Å². The first-order valence-electron chi connectivity index (χ1n) is 8.17. The summed E-state index contributed by atoms with van der Waals surface area (Å²) in [7, 11) is 0. The number of hydrogen-bond donors (Lipinski definition) is 1. The predicted molar refractivity (Wildman–Crippen MR) is 98.1 cm³/mol. The molecule has 128 valence electrons. The minimum atomic E-state index is -0.369. The maximum absolute atomic E-state index is 10.7. The van der Waals surface area contributed by atoms with Gasteiger partial charge >= 0.3 is 0 Å². The molecule has 0 spiro atoms. The van der Waals surface area contributed by atoms with E-state index < -0.39 is 0 Å². The summed E-state index contributed by atoms with van der Waals surface area (Å²) >= 11 is 1.75. The van der Waals surface area contributed by atoms with E-state index in [0.29, 0.717) is 0 Å². The molecule has 1 aromatic heterocycles. The van der Waals surface area contributed by atoms with Crippen molar-refractivity contribution in [2.45, 2.75) is 32.9 Å². The highest BCUT2D eigenvalue weighted by atomic mass is 32.1. The third-order valence-electron chi connectivity index (χ3n) is 4.79. The Morgan fingerprint density at radius 3 is 2.62 bits per heavy atom. The predicted octanol–water partition coefficient (Wildman–Crippen LogP) is 3.88. The fraction of sp³-hybridized carbons (Fsp3) is 0.444. The average molecular weight is 345 g/mol. The molecule has 5 nitrogen and oxygen atoms in total. The van der Waals surface area contributed by atoms with Gasteiger partial charge < -0.3 is 5.73 Å². The molecular weight excluding hydrogens is 322 g/mol. The van der Waals surface area contributed by atoms with Crippen molar-refractivity contribution in [3.8, 4) is 10.4 Å². The van der Waals surface area contributed by atoms with Crippen LogP contribution in [0, 0.1) is 15.5 Å². The third-order valence-corrected chi connectivity index (χ3v) is 5.91. The van der Waals surface area contributed by atoms with Crippen molar-refractivity contribution in [1.29, 1.82) is 0 Å². The lowest BCUT2D eigenvalue weighted by atomic mass is 9.80. The fourth-order valence-electron chi connectivity index (χ4n) is 3.21.